The molecule has 0 aromatic heterocycles. The van der Waals surface area contributed by atoms with Gasteiger partial charge < -0.3 is 20.9 Å². The molecule has 0 saturated heterocycles. The van der Waals surface area contributed by atoms with Crippen LogP contribution in [-0.4, -0.2) is 6.61 Å². The van der Waals surface area contributed by atoms with Crippen molar-refractivity contribution in [3.8, 4) is 17.6 Å². The van der Waals surface area contributed by atoms with E-state index in [4.69, 9.17) is 20.9 Å². The molecule has 2 aromatic rings. The van der Waals surface area contributed by atoms with Gasteiger partial charge in [0.05, 0.1) is 12.5 Å². The van der Waals surface area contributed by atoms with Crippen molar-refractivity contribution in [2.75, 3.05) is 12.3 Å². The third-order valence-electron chi connectivity index (χ3n) is 4.20. The molecule has 5 nitrogen and oxygen atoms in total. The summed E-state index contributed by atoms with van der Waals surface area (Å²) < 4.78 is 11.4. The van der Waals surface area contributed by atoms with E-state index in [1.54, 1.807) is 12.1 Å². The zero-order chi connectivity index (χ0) is 17.8. The van der Waals surface area contributed by atoms with E-state index >= 15 is 0 Å². The first kappa shape index (κ1) is 16.7. The fourth-order valence-electron chi connectivity index (χ4n) is 2.93. The molecule has 0 aliphatic carbocycles. The number of hydrogen-bond donors (Lipinski definition) is 2. The SMILES string of the molecule is CCCCOc1cccc(C2C(C#N)=C(N)Oc3cc(N)ccc32)c1. The molecule has 2 aromatic carbocycles. The summed E-state index contributed by atoms with van der Waals surface area (Å²) in [5, 5.41) is 9.59. The van der Waals surface area contributed by atoms with E-state index in [2.05, 4.69) is 13.0 Å². The number of rotatable bonds is 5. The van der Waals surface area contributed by atoms with Gasteiger partial charge in [-0.1, -0.05) is 31.5 Å². The highest BCUT2D eigenvalue weighted by molar-refractivity contribution is 5.59. The summed E-state index contributed by atoms with van der Waals surface area (Å²) in [5.41, 5.74) is 14.6. The van der Waals surface area contributed by atoms with Gasteiger partial charge in [0.2, 0.25) is 5.88 Å². The van der Waals surface area contributed by atoms with Gasteiger partial charge in [0.15, 0.2) is 0 Å². The van der Waals surface area contributed by atoms with E-state index in [-0.39, 0.29) is 11.8 Å². The average Bonchev–Trinajstić information content (AvgIpc) is 2.61. The van der Waals surface area contributed by atoms with Crippen molar-refractivity contribution < 1.29 is 9.47 Å². The second kappa shape index (κ2) is 7.18. The van der Waals surface area contributed by atoms with Gasteiger partial charge in [-0.3, -0.25) is 0 Å². The highest BCUT2D eigenvalue weighted by Crippen LogP contribution is 2.43. The molecule has 0 spiro atoms. The van der Waals surface area contributed by atoms with Gasteiger partial charge >= 0.3 is 0 Å². The number of hydrogen-bond acceptors (Lipinski definition) is 5. The normalized spacial score (nSPS) is 15.9. The molecule has 1 atom stereocenters. The number of anilines is 1. The highest BCUT2D eigenvalue weighted by atomic mass is 16.5. The highest BCUT2D eigenvalue weighted by Gasteiger charge is 2.30. The fourth-order valence-corrected chi connectivity index (χ4v) is 2.93. The number of allylic oxidation sites excluding steroid dienone is 1. The summed E-state index contributed by atoms with van der Waals surface area (Å²) in [6.45, 7) is 2.79. The molecule has 1 aliphatic heterocycles. The van der Waals surface area contributed by atoms with E-state index in [1.807, 2.05) is 30.3 Å². The van der Waals surface area contributed by atoms with Crippen LogP contribution in [0.3, 0.4) is 0 Å². The van der Waals surface area contributed by atoms with Crippen LogP contribution < -0.4 is 20.9 Å². The molecule has 5 heteroatoms. The predicted molar refractivity (Wildman–Crippen MR) is 97.0 cm³/mol. The maximum absolute atomic E-state index is 9.59. The van der Waals surface area contributed by atoms with Crippen molar-refractivity contribution >= 4 is 5.69 Å². The molecule has 0 amide bonds. The Morgan fingerprint density at radius 1 is 1.20 bits per heavy atom. The van der Waals surface area contributed by atoms with Crippen LogP contribution in [0.1, 0.15) is 36.8 Å². The molecule has 4 N–H and O–H groups in total. The Kier molecular flexibility index (Phi) is 4.80. The first-order valence-corrected chi connectivity index (χ1v) is 8.33. The first-order chi connectivity index (χ1) is 12.1. The van der Waals surface area contributed by atoms with Gasteiger partial charge in [0, 0.05) is 17.3 Å². The first-order valence-electron chi connectivity index (χ1n) is 8.33. The van der Waals surface area contributed by atoms with E-state index in [1.165, 1.54) is 0 Å². The number of benzene rings is 2. The number of nitrogens with two attached hydrogens (primary N) is 2. The van der Waals surface area contributed by atoms with Crippen LogP contribution >= 0.6 is 0 Å². The molecule has 0 radical (unpaired) electrons. The van der Waals surface area contributed by atoms with E-state index in [0.29, 0.717) is 23.6 Å². The molecule has 0 bridgehead atoms. The largest absolute Gasteiger partial charge is 0.494 e. The summed E-state index contributed by atoms with van der Waals surface area (Å²) in [7, 11) is 0. The van der Waals surface area contributed by atoms with Crippen molar-refractivity contribution in [2.45, 2.75) is 25.7 Å². The fraction of sp³-hybridized carbons (Fsp3) is 0.250. The minimum absolute atomic E-state index is 0.114. The zero-order valence-corrected chi connectivity index (χ0v) is 14.2. The lowest BCUT2D eigenvalue weighted by Crippen LogP contribution is -2.21. The minimum Gasteiger partial charge on any atom is -0.494 e. The number of nitrogen functional groups attached to an aromatic ring is 1. The summed E-state index contributed by atoms with van der Waals surface area (Å²) in [4.78, 5) is 0. The third kappa shape index (κ3) is 3.38. The summed E-state index contributed by atoms with van der Waals surface area (Å²) in [5.74, 6) is 1.18. The number of nitriles is 1. The molecule has 1 aliphatic rings. The van der Waals surface area contributed by atoms with E-state index < -0.39 is 0 Å². The molecular formula is C20H21N3O2. The van der Waals surface area contributed by atoms with Crippen LogP contribution in [0.25, 0.3) is 0 Å². The maximum Gasteiger partial charge on any atom is 0.205 e. The Hall–Kier alpha value is -3.13. The van der Waals surface area contributed by atoms with Gasteiger partial charge in [-0.2, -0.15) is 5.26 Å². The Morgan fingerprint density at radius 3 is 2.80 bits per heavy atom. The van der Waals surface area contributed by atoms with Crippen LogP contribution in [0, 0.1) is 11.3 Å². The average molecular weight is 335 g/mol. The summed E-state index contributed by atoms with van der Waals surface area (Å²) in [6.07, 6.45) is 2.08. The minimum atomic E-state index is -0.302. The second-order valence-corrected chi connectivity index (χ2v) is 6.00. The topological polar surface area (TPSA) is 94.3 Å². The lowest BCUT2D eigenvalue weighted by Gasteiger charge is -2.26. The van der Waals surface area contributed by atoms with Crippen LogP contribution in [0.5, 0.6) is 11.5 Å². The summed E-state index contributed by atoms with van der Waals surface area (Å²) in [6, 6.07) is 15.4. The van der Waals surface area contributed by atoms with Crippen molar-refractivity contribution in [1.29, 1.82) is 5.26 Å². The van der Waals surface area contributed by atoms with Crippen LogP contribution in [-0.2, 0) is 0 Å². The van der Waals surface area contributed by atoms with Gasteiger partial charge in [-0.05, 0) is 30.2 Å². The van der Waals surface area contributed by atoms with Crippen LogP contribution in [0.4, 0.5) is 5.69 Å². The molecule has 1 unspecified atom stereocenters. The quantitative estimate of drug-likeness (QED) is 0.642. The van der Waals surface area contributed by atoms with Crippen molar-refractivity contribution in [2.24, 2.45) is 5.73 Å². The molecular weight excluding hydrogens is 314 g/mol. The smallest absolute Gasteiger partial charge is 0.205 e. The van der Waals surface area contributed by atoms with Crippen molar-refractivity contribution in [3.05, 3.63) is 65.0 Å². The second-order valence-electron chi connectivity index (χ2n) is 6.00. The monoisotopic (exact) mass is 335 g/mol. The van der Waals surface area contributed by atoms with Gasteiger partial charge in [-0.15, -0.1) is 0 Å². The van der Waals surface area contributed by atoms with Crippen LogP contribution in [0.15, 0.2) is 53.9 Å². The maximum atomic E-state index is 9.59. The lowest BCUT2D eigenvalue weighted by atomic mass is 9.83. The molecule has 0 saturated carbocycles. The van der Waals surface area contributed by atoms with Crippen molar-refractivity contribution in [1.82, 2.24) is 0 Å². The van der Waals surface area contributed by atoms with Crippen LogP contribution in [0.2, 0.25) is 0 Å². The number of unbranched alkanes of at least 4 members (excludes halogenated alkanes) is 1. The number of fused-ring (bicyclic) bond motifs is 1. The predicted octanol–water partition coefficient (Wildman–Crippen LogP) is 3.67. The molecule has 128 valence electrons. The number of ether oxygens (including phenoxy) is 2. The Labute approximate surface area is 147 Å². The Balaban J connectivity index is 2.03. The standard InChI is InChI=1S/C20H21N3O2/c1-2-3-9-24-15-6-4-5-13(10-15)19-16-8-7-14(22)11-18(16)25-20(23)17(19)12-21/h4-8,10-11,19H,2-3,9,22-23H2,1H3. The Bertz CT molecular complexity index is 852. The van der Waals surface area contributed by atoms with Crippen molar-refractivity contribution in [3.63, 3.8) is 0 Å². The van der Waals surface area contributed by atoms with Gasteiger partial charge in [-0.25, -0.2) is 0 Å². The molecule has 1 heterocycles. The molecule has 3 rings (SSSR count). The summed E-state index contributed by atoms with van der Waals surface area (Å²) >= 11 is 0. The third-order valence-corrected chi connectivity index (χ3v) is 4.20. The Morgan fingerprint density at radius 2 is 2.04 bits per heavy atom. The molecule has 0 fully saturated rings. The van der Waals surface area contributed by atoms with Gasteiger partial charge in [0.1, 0.15) is 23.1 Å². The van der Waals surface area contributed by atoms with E-state index in [9.17, 15) is 5.26 Å². The zero-order valence-electron chi connectivity index (χ0n) is 14.2. The van der Waals surface area contributed by atoms with E-state index in [0.717, 1.165) is 29.7 Å². The number of nitrogens with zero attached hydrogens (tertiary/aromatic N) is 1. The lowest BCUT2D eigenvalue weighted by molar-refractivity contribution is 0.309. The molecule has 25 heavy (non-hydrogen) atoms. The van der Waals surface area contributed by atoms with Gasteiger partial charge in [0.25, 0.3) is 0 Å².